The summed E-state index contributed by atoms with van der Waals surface area (Å²) in [7, 11) is 0. The summed E-state index contributed by atoms with van der Waals surface area (Å²) in [6.07, 6.45) is 1.90. The highest BCUT2D eigenvalue weighted by atomic mass is 16.5. The minimum atomic E-state index is 0.458. The first-order valence-electron chi connectivity index (χ1n) is 8.35. The van der Waals surface area contributed by atoms with Crippen LogP contribution in [0.4, 0.5) is 0 Å². The Balaban J connectivity index is 1.90. The summed E-state index contributed by atoms with van der Waals surface area (Å²) in [4.78, 5) is 4.68. The molecule has 3 aromatic carbocycles. The lowest BCUT2D eigenvalue weighted by Crippen LogP contribution is -2.01. The largest absolute Gasteiger partial charge is 0.455 e. The van der Waals surface area contributed by atoms with Gasteiger partial charge in [0.05, 0.1) is 11.1 Å². The maximum atomic E-state index is 6.41. The number of benzene rings is 3. The summed E-state index contributed by atoms with van der Waals surface area (Å²) in [5.74, 6) is 2.30. The number of aromatic nitrogens is 1. The third kappa shape index (κ3) is 1.80. The predicted molar refractivity (Wildman–Crippen MR) is 98.8 cm³/mol. The SMILES string of the molecule is CC(C)c1cc2c3c(nccc3c1)-c1ccc3ccccc3c1O2. The van der Waals surface area contributed by atoms with E-state index >= 15 is 0 Å². The van der Waals surface area contributed by atoms with Crippen LogP contribution in [0.1, 0.15) is 25.3 Å². The van der Waals surface area contributed by atoms with Gasteiger partial charge < -0.3 is 4.74 Å². The van der Waals surface area contributed by atoms with Crippen LogP contribution in [0.15, 0.2) is 60.8 Å². The molecule has 0 aliphatic carbocycles. The topological polar surface area (TPSA) is 22.1 Å². The summed E-state index contributed by atoms with van der Waals surface area (Å²) in [6.45, 7) is 4.42. The van der Waals surface area contributed by atoms with E-state index in [1.807, 2.05) is 6.20 Å². The zero-order valence-corrected chi connectivity index (χ0v) is 13.7. The molecule has 116 valence electrons. The highest BCUT2D eigenvalue weighted by molar-refractivity contribution is 6.06. The Morgan fingerprint density at radius 3 is 2.67 bits per heavy atom. The van der Waals surface area contributed by atoms with Crippen molar-refractivity contribution in [3.05, 3.63) is 66.4 Å². The summed E-state index contributed by atoms with van der Waals surface area (Å²) in [5.41, 5.74) is 3.38. The Bertz CT molecular complexity index is 1110. The van der Waals surface area contributed by atoms with E-state index in [0.29, 0.717) is 5.92 Å². The van der Waals surface area contributed by atoms with Crippen molar-refractivity contribution in [1.82, 2.24) is 4.98 Å². The summed E-state index contributed by atoms with van der Waals surface area (Å²) >= 11 is 0. The molecule has 0 bridgehead atoms. The summed E-state index contributed by atoms with van der Waals surface area (Å²) in [6, 6.07) is 19.1. The molecule has 1 aliphatic rings. The van der Waals surface area contributed by atoms with Crippen molar-refractivity contribution >= 4 is 21.5 Å². The molecule has 24 heavy (non-hydrogen) atoms. The molecule has 2 nitrogen and oxygen atoms in total. The average Bonchev–Trinajstić information content (AvgIpc) is 2.61. The second kappa shape index (κ2) is 4.81. The van der Waals surface area contributed by atoms with Crippen LogP contribution in [0.5, 0.6) is 11.5 Å². The number of ether oxygens (including phenoxy) is 1. The second-order valence-corrected chi connectivity index (χ2v) is 6.70. The first-order chi connectivity index (χ1) is 11.7. The van der Waals surface area contributed by atoms with Crippen LogP contribution in [0.25, 0.3) is 32.8 Å². The van der Waals surface area contributed by atoms with Crippen molar-refractivity contribution < 1.29 is 4.74 Å². The van der Waals surface area contributed by atoms with Crippen LogP contribution in [0, 0.1) is 0 Å². The van der Waals surface area contributed by atoms with Gasteiger partial charge in [-0.25, -0.2) is 0 Å². The van der Waals surface area contributed by atoms with Crippen LogP contribution in [0.2, 0.25) is 0 Å². The van der Waals surface area contributed by atoms with Gasteiger partial charge in [-0.2, -0.15) is 0 Å². The van der Waals surface area contributed by atoms with Crippen LogP contribution < -0.4 is 4.74 Å². The number of hydrogen-bond acceptors (Lipinski definition) is 2. The monoisotopic (exact) mass is 311 g/mol. The van der Waals surface area contributed by atoms with E-state index in [0.717, 1.165) is 33.5 Å². The van der Waals surface area contributed by atoms with Gasteiger partial charge in [-0.1, -0.05) is 50.2 Å². The number of fused-ring (bicyclic) bond motifs is 4. The van der Waals surface area contributed by atoms with Crippen molar-refractivity contribution in [2.24, 2.45) is 0 Å². The zero-order valence-electron chi connectivity index (χ0n) is 13.7. The van der Waals surface area contributed by atoms with Crippen molar-refractivity contribution in [2.75, 3.05) is 0 Å². The van der Waals surface area contributed by atoms with Gasteiger partial charge in [-0.3, -0.25) is 4.98 Å². The highest BCUT2D eigenvalue weighted by Crippen LogP contribution is 2.48. The first-order valence-corrected chi connectivity index (χ1v) is 8.35. The lowest BCUT2D eigenvalue weighted by molar-refractivity contribution is 0.491. The number of rotatable bonds is 1. The zero-order chi connectivity index (χ0) is 16.3. The molecule has 1 aliphatic heterocycles. The Hall–Kier alpha value is -2.87. The van der Waals surface area contributed by atoms with Gasteiger partial charge in [-0.15, -0.1) is 0 Å². The van der Waals surface area contributed by atoms with Crippen molar-refractivity contribution in [3.8, 4) is 22.8 Å². The number of pyridine rings is 1. The molecule has 0 amide bonds. The lowest BCUT2D eigenvalue weighted by atomic mass is 9.93. The normalized spacial score (nSPS) is 12.5. The van der Waals surface area contributed by atoms with E-state index in [-0.39, 0.29) is 0 Å². The first kappa shape index (κ1) is 13.6. The fourth-order valence-electron chi connectivity index (χ4n) is 3.57. The van der Waals surface area contributed by atoms with Crippen LogP contribution in [-0.4, -0.2) is 4.98 Å². The molecule has 1 aromatic heterocycles. The van der Waals surface area contributed by atoms with Gasteiger partial charge in [-0.05, 0) is 40.5 Å². The highest BCUT2D eigenvalue weighted by Gasteiger charge is 2.23. The van der Waals surface area contributed by atoms with Gasteiger partial charge in [0.25, 0.3) is 0 Å². The fraction of sp³-hybridized carbons (Fsp3) is 0.136. The smallest absolute Gasteiger partial charge is 0.144 e. The van der Waals surface area contributed by atoms with Gasteiger partial charge in [0.2, 0.25) is 0 Å². The minimum absolute atomic E-state index is 0.458. The minimum Gasteiger partial charge on any atom is -0.455 e. The molecule has 0 fully saturated rings. The van der Waals surface area contributed by atoms with Crippen LogP contribution in [0.3, 0.4) is 0 Å². The van der Waals surface area contributed by atoms with Crippen molar-refractivity contribution in [3.63, 3.8) is 0 Å². The maximum Gasteiger partial charge on any atom is 0.144 e. The Labute approximate surface area is 140 Å². The number of hydrogen-bond donors (Lipinski definition) is 0. The average molecular weight is 311 g/mol. The molecule has 0 N–H and O–H groups in total. The molecule has 0 radical (unpaired) electrons. The van der Waals surface area contributed by atoms with Gasteiger partial charge in [0.1, 0.15) is 11.5 Å². The third-order valence-corrected chi connectivity index (χ3v) is 4.86. The Morgan fingerprint density at radius 1 is 0.917 bits per heavy atom. The molecule has 0 saturated heterocycles. The Morgan fingerprint density at radius 2 is 1.79 bits per heavy atom. The van der Waals surface area contributed by atoms with Crippen molar-refractivity contribution in [1.29, 1.82) is 0 Å². The molecular formula is C22H17NO. The fourth-order valence-corrected chi connectivity index (χ4v) is 3.57. The maximum absolute atomic E-state index is 6.41. The molecule has 4 aromatic rings. The molecule has 0 unspecified atom stereocenters. The molecule has 5 rings (SSSR count). The van der Waals surface area contributed by atoms with E-state index in [4.69, 9.17) is 4.74 Å². The van der Waals surface area contributed by atoms with Gasteiger partial charge in [0, 0.05) is 17.1 Å². The van der Waals surface area contributed by atoms with Gasteiger partial charge >= 0.3 is 0 Å². The van der Waals surface area contributed by atoms with Crippen LogP contribution in [-0.2, 0) is 0 Å². The van der Waals surface area contributed by atoms with Crippen molar-refractivity contribution in [2.45, 2.75) is 19.8 Å². The molecule has 2 heteroatoms. The van der Waals surface area contributed by atoms with E-state index in [2.05, 4.69) is 73.4 Å². The predicted octanol–water partition coefficient (Wildman–Crippen LogP) is 6.28. The summed E-state index contributed by atoms with van der Waals surface area (Å²) < 4.78 is 6.41. The van der Waals surface area contributed by atoms with E-state index in [1.165, 1.54) is 16.3 Å². The van der Waals surface area contributed by atoms with Crippen LogP contribution >= 0.6 is 0 Å². The molecule has 0 saturated carbocycles. The standard InChI is InChI=1S/C22H17NO/c1-13(2)16-11-15-9-10-23-21-18-8-7-14-5-3-4-6-17(14)22(18)24-19(12-16)20(15)21/h3-13H,1-2H3. The van der Waals surface area contributed by atoms with Gasteiger partial charge in [0.15, 0.2) is 0 Å². The quantitative estimate of drug-likeness (QED) is 0.363. The molecular weight excluding hydrogens is 294 g/mol. The number of nitrogens with zero attached hydrogens (tertiary/aromatic N) is 1. The second-order valence-electron chi connectivity index (χ2n) is 6.70. The lowest BCUT2D eigenvalue weighted by Gasteiger charge is -2.23. The Kier molecular flexibility index (Phi) is 2.72. The van der Waals surface area contributed by atoms with E-state index in [1.54, 1.807) is 0 Å². The summed E-state index contributed by atoms with van der Waals surface area (Å²) in [5, 5.41) is 4.63. The van der Waals surface area contributed by atoms with E-state index in [9.17, 15) is 0 Å². The molecule has 0 atom stereocenters. The van der Waals surface area contributed by atoms with E-state index < -0.39 is 0 Å². The third-order valence-electron chi connectivity index (χ3n) is 4.86. The molecule has 0 spiro atoms. The molecule has 2 heterocycles.